The summed E-state index contributed by atoms with van der Waals surface area (Å²) in [6.07, 6.45) is 2.74. The van der Waals surface area contributed by atoms with Gasteiger partial charge in [-0.25, -0.2) is 0 Å². The van der Waals surface area contributed by atoms with E-state index in [1.807, 2.05) is 0 Å². The molecule has 16 heavy (non-hydrogen) atoms. The van der Waals surface area contributed by atoms with E-state index in [0.29, 0.717) is 5.41 Å². The van der Waals surface area contributed by atoms with Gasteiger partial charge in [0.05, 0.1) is 13.2 Å². The molecule has 3 saturated heterocycles. The van der Waals surface area contributed by atoms with E-state index in [9.17, 15) is 0 Å². The van der Waals surface area contributed by atoms with Crippen LogP contribution in [0.15, 0.2) is 0 Å². The number of nitrogens with zero attached hydrogens (tertiary/aromatic N) is 2. The smallest absolute Gasteiger partial charge is 0.0569 e. The second-order valence-electron chi connectivity index (χ2n) is 6.26. The molecule has 0 aliphatic carbocycles. The van der Waals surface area contributed by atoms with Gasteiger partial charge in [-0.15, -0.1) is 0 Å². The van der Waals surface area contributed by atoms with E-state index in [1.54, 1.807) is 0 Å². The molecule has 0 aromatic rings. The molecule has 3 aliphatic rings. The van der Waals surface area contributed by atoms with E-state index in [-0.39, 0.29) is 0 Å². The zero-order chi connectivity index (χ0) is 11.2. The SMILES string of the molecule is CC(C)N1CCC(N2CC3(COC3)C2)CC1. The Balaban J connectivity index is 1.45. The molecule has 0 radical (unpaired) electrons. The molecule has 0 aromatic carbocycles. The first kappa shape index (κ1) is 11.0. The van der Waals surface area contributed by atoms with E-state index < -0.39 is 0 Å². The number of hydrogen-bond donors (Lipinski definition) is 0. The van der Waals surface area contributed by atoms with Crippen molar-refractivity contribution in [1.82, 2.24) is 9.80 Å². The Hall–Kier alpha value is -0.120. The lowest BCUT2D eigenvalue weighted by atomic mass is 9.76. The summed E-state index contributed by atoms with van der Waals surface area (Å²) in [7, 11) is 0. The second-order valence-corrected chi connectivity index (χ2v) is 6.26. The highest BCUT2D eigenvalue weighted by molar-refractivity contribution is 5.02. The Morgan fingerprint density at radius 2 is 1.75 bits per heavy atom. The molecule has 3 heteroatoms. The summed E-state index contributed by atoms with van der Waals surface area (Å²) in [6, 6.07) is 1.59. The molecule has 0 aromatic heterocycles. The zero-order valence-electron chi connectivity index (χ0n) is 10.6. The van der Waals surface area contributed by atoms with Crippen LogP contribution in [0.3, 0.4) is 0 Å². The van der Waals surface area contributed by atoms with Crippen LogP contribution in [0.5, 0.6) is 0 Å². The van der Waals surface area contributed by atoms with Crippen LogP contribution in [0.2, 0.25) is 0 Å². The lowest BCUT2D eigenvalue weighted by Gasteiger charge is -2.58. The molecular formula is C13H24N2O. The van der Waals surface area contributed by atoms with Crippen LogP contribution in [0.4, 0.5) is 0 Å². The van der Waals surface area contributed by atoms with Crippen molar-refractivity contribution in [2.75, 3.05) is 39.4 Å². The standard InChI is InChI=1S/C13H24N2O/c1-11(2)14-5-3-12(4-6-14)15-7-13(8-15)9-16-10-13/h11-12H,3-10H2,1-2H3. The second kappa shape index (κ2) is 3.97. The molecule has 3 fully saturated rings. The molecule has 92 valence electrons. The van der Waals surface area contributed by atoms with Gasteiger partial charge in [0.25, 0.3) is 0 Å². The number of hydrogen-bond acceptors (Lipinski definition) is 3. The van der Waals surface area contributed by atoms with Crippen LogP contribution in [0.1, 0.15) is 26.7 Å². The van der Waals surface area contributed by atoms with Crippen LogP contribution < -0.4 is 0 Å². The van der Waals surface area contributed by atoms with Gasteiger partial charge in [-0.2, -0.15) is 0 Å². The number of piperidine rings is 1. The van der Waals surface area contributed by atoms with Crippen LogP contribution in [0.25, 0.3) is 0 Å². The quantitative estimate of drug-likeness (QED) is 0.701. The summed E-state index contributed by atoms with van der Waals surface area (Å²) < 4.78 is 5.33. The van der Waals surface area contributed by atoms with Gasteiger partial charge in [-0.05, 0) is 39.8 Å². The largest absolute Gasteiger partial charge is 0.380 e. The van der Waals surface area contributed by atoms with Crippen molar-refractivity contribution < 1.29 is 4.74 Å². The molecule has 0 atom stereocenters. The Morgan fingerprint density at radius 1 is 1.12 bits per heavy atom. The van der Waals surface area contributed by atoms with Gasteiger partial charge in [-0.1, -0.05) is 0 Å². The van der Waals surface area contributed by atoms with Crippen molar-refractivity contribution in [3.05, 3.63) is 0 Å². The van der Waals surface area contributed by atoms with E-state index >= 15 is 0 Å². The molecule has 0 N–H and O–H groups in total. The highest BCUT2D eigenvalue weighted by atomic mass is 16.5. The van der Waals surface area contributed by atoms with Crippen molar-refractivity contribution in [2.24, 2.45) is 5.41 Å². The van der Waals surface area contributed by atoms with Gasteiger partial charge in [0.1, 0.15) is 0 Å². The molecule has 3 rings (SSSR count). The van der Waals surface area contributed by atoms with Gasteiger partial charge < -0.3 is 9.64 Å². The molecule has 0 saturated carbocycles. The number of ether oxygens (including phenoxy) is 1. The fourth-order valence-electron chi connectivity index (χ4n) is 3.41. The third-order valence-electron chi connectivity index (χ3n) is 4.64. The van der Waals surface area contributed by atoms with Gasteiger partial charge in [0.15, 0.2) is 0 Å². The summed E-state index contributed by atoms with van der Waals surface area (Å²) in [5.74, 6) is 0. The normalized spacial score (nSPS) is 31.7. The summed E-state index contributed by atoms with van der Waals surface area (Å²) in [4.78, 5) is 5.30. The fourth-order valence-corrected chi connectivity index (χ4v) is 3.41. The minimum atomic E-state index is 0.592. The van der Waals surface area contributed by atoms with Crippen LogP contribution >= 0.6 is 0 Å². The monoisotopic (exact) mass is 224 g/mol. The average molecular weight is 224 g/mol. The Labute approximate surface area is 98.7 Å². The zero-order valence-corrected chi connectivity index (χ0v) is 10.6. The molecule has 0 bridgehead atoms. The Bertz CT molecular complexity index is 247. The summed E-state index contributed by atoms with van der Waals surface area (Å²) in [6.45, 7) is 11.9. The molecule has 0 amide bonds. The maximum absolute atomic E-state index is 5.33. The highest BCUT2D eigenvalue weighted by Gasteiger charge is 2.50. The lowest BCUT2D eigenvalue weighted by molar-refractivity contribution is -0.201. The van der Waals surface area contributed by atoms with Crippen LogP contribution in [0, 0.1) is 5.41 Å². The summed E-state index contributed by atoms with van der Waals surface area (Å²) in [5.41, 5.74) is 0.592. The highest BCUT2D eigenvalue weighted by Crippen LogP contribution is 2.40. The first-order valence-electron chi connectivity index (χ1n) is 6.74. The number of rotatable bonds is 2. The van der Waals surface area contributed by atoms with Gasteiger partial charge in [0.2, 0.25) is 0 Å². The predicted molar refractivity (Wildman–Crippen MR) is 64.6 cm³/mol. The summed E-state index contributed by atoms with van der Waals surface area (Å²) >= 11 is 0. The topological polar surface area (TPSA) is 15.7 Å². The predicted octanol–water partition coefficient (Wildman–Crippen LogP) is 1.19. The van der Waals surface area contributed by atoms with Crippen molar-refractivity contribution in [1.29, 1.82) is 0 Å². The van der Waals surface area contributed by atoms with Crippen molar-refractivity contribution in [3.8, 4) is 0 Å². The van der Waals surface area contributed by atoms with Crippen LogP contribution in [-0.2, 0) is 4.74 Å². The molecule has 3 aliphatic heterocycles. The van der Waals surface area contributed by atoms with E-state index in [1.165, 1.54) is 39.0 Å². The summed E-state index contributed by atoms with van der Waals surface area (Å²) in [5, 5.41) is 0. The first-order valence-corrected chi connectivity index (χ1v) is 6.74. The molecule has 3 heterocycles. The van der Waals surface area contributed by atoms with Crippen molar-refractivity contribution in [2.45, 2.75) is 38.8 Å². The Morgan fingerprint density at radius 3 is 2.19 bits per heavy atom. The first-order chi connectivity index (χ1) is 7.69. The molecule has 1 spiro atoms. The number of likely N-dealkylation sites (tertiary alicyclic amines) is 2. The van der Waals surface area contributed by atoms with E-state index in [4.69, 9.17) is 4.74 Å². The maximum atomic E-state index is 5.33. The molecule has 3 nitrogen and oxygen atoms in total. The molecule has 0 unspecified atom stereocenters. The molecular weight excluding hydrogens is 200 g/mol. The van der Waals surface area contributed by atoms with E-state index in [0.717, 1.165) is 25.3 Å². The average Bonchev–Trinajstić information content (AvgIpc) is 2.14. The van der Waals surface area contributed by atoms with Crippen LogP contribution in [-0.4, -0.2) is 61.3 Å². The third-order valence-corrected chi connectivity index (χ3v) is 4.64. The maximum Gasteiger partial charge on any atom is 0.0569 e. The van der Waals surface area contributed by atoms with E-state index in [2.05, 4.69) is 23.6 Å². The van der Waals surface area contributed by atoms with Crippen molar-refractivity contribution in [3.63, 3.8) is 0 Å². The Kier molecular flexibility index (Phi) is 2.73. The van der Waals surface area contributed by atoms with Gasteiger partial charge in [0, 0.05) is 30.6 Å². The minimum Gasteiger partial charge on any atom is -0.380 e. The fraction of sp³-hybridized carbons (Fsp3) is 1.00. The van der Waals surface area contributed by atoms with Gasteiger partial charge >= 0.3 is 0 Å². The third kappa shape index (κ3) is 1.79. The van der Waals surface area contributed by atoms with Crippen molar-refractivity contribution >= 4 is 0 Å². The minimum absolute atomic E-state index is 0.592. The lowest BCUT2D eigenvalue weighted by Crippen LogP contribution is -2.68. The van der Waals surface area contributed by atoms with Gasteiger partial charge in [-0.3, -0.25) is 4.90 Å².